The molecule has 0 aromatic carbocycles. The van der Waals surface area contributed by atoms with E-state index in [2.05, 4.69) is 39.9 Å². The number of nitrogens with one attached hydrogen (secondary N) is 1. The summed E-state index contributed by atoms with van der Waals surface area (Å²) in [4.78, 5) is 24.6. The lowest BCUT2D eigenvalue weighted by Crippen LogP contribution is -2.54. The zero-order valence-electron chi connectivity index (χ0n) is 18.2. The van der Waals surface area contributed by atoms with Crippen molar-refractivity contribution in [2.75, 3.05) is 0 Å². The minimum absolute atomic E-state index is 0.0657. The van der Waals surface area contributed by atoms with Gasteiger partial charge in [0.05, 0.1) is 0 Å². The maximum Gasteiger partial charge on any atom is 0.351 e. The van der Waals surface area contributed by atoms with E-state index in [4.69, 9.17) is 4.74 Å². The molecule has 1 N–H and O–H groups in total. The highest BCUT2D eigenvalue weighted by Crippen LogP contribution is 2.45. The molecule has 146 valence electrons. The molecular weight excluding hydrogens is 314 g/mol. The van der Waals surface area contributed by atoms with E-state index in [0.29, 0.717) is 6.42 Å². The van der Waals surface area contributed by atoms with E-state index >= 15 is 0 Å². The lowest BCUT2D eigenvalue weighted by Gasteiger charge is -2.44. The molecule has 0 spiro atoms. The van der Waals surface area contributed by atoms with E-state index in [-0.39, 0.29) is 34.2 Å². The Bertz CT molecular complexity index is 534. The first-order chi connectivity index (χ1) is 10.8. The molecule has 0 aromatic heterocycles. The summed E-state index contributed by atoms with van der Waals surface area (Å²) in [5.41, 5.74) is -1.75. The van der Waals surface area contributed by atoms with Crippen molar-refractivity contribution in [1.29, 1.82) is 0 Å². The van der Waals surface area contributed by atoms with Crippen molar-refractivity contribution in [1.82, 2.24) is 5.32 Å². The Hall–Kier alpha value is -0.900. The number of epoxide rings is 1. The second kappa shape index (κ2) is 6.37. The minimum Gasteiger partial charge on any atom is -0.444 e. The monoisotopic (exact) mass is 353 g/mol. The molecule has 1 rings (SSSR count). The molecule has 1 aliphatic heterocycles. The molecule has 0 aromatic rings. The number of carbonyl (C=O) groups is 2. The van der Waals surface area contributed by atoms with Gasteiger partial charge in [0, 0.05) is 28.8 Å². The molecule has 1 heterocycles. The summed E-state index contributed by atoms with van der Waals surface area (Å²) in [6.45, 7) is 22.6. The van der Waals surface area contributed by atoms with Gasteiger partial charge in [0.25, 0.3) is 0 Å². The molecule has 2 atom stereocenters. The second-order valence-corrected chi connectivity index (χ2v) is 11.4. The lowest BCUT2D eigenvalue weighted by atomic mass is 9.64. The largest absolute Gasteiger partial charge is 0.444 e. The topological polar surface area (TPSA) is 58.7 Å². The van der Waals surface area contributed by atoms with Crippen molar-refractivity contribution in [3.05, 3.63) is 0 Å². The first kappa shape index (κ1) is 22.1. The van der Waals surface area contributed by atoms with Crippen LogP contribution in [0.3, 0.4) is 0 Å². The normalized spacial score (nSPS) is 23.2. The summed E-state index contributed by atoms with van der Waals surface area (Å²) in [5.74, 6) is 0.140. The minimum atomic E-state index is -0.682. The Labute approximate surface area is 154 Å². The first-order valence-electron chi connectivity index (χ1n) is 9.36. The summed E-state index contributed by atoms with van der Waals surface area (Å²) in [6, 6.07) is 0.0657. The number of hydrogen-bond acceptors (Lipinski definition) is 4. The average Bonchev–Trinajstić information content (AvgIpc) is 2.90. The number of rotatable bonds is 7. The summed E-state index contributed by atoms with van der Waals surface area (Å²) in [5, 5.41) is 3.67. The van der Waals surface area contributed by atoms with Gasteiger partial charge in [-0.1, -0.05) is 48.5 Å². The van der Waals surface area contributed by atoms with Crippen LogP contribution >= 0.6 is 0 Å². The van der Waals surface area contributed by atoms with Crippen LogP contribution in [-0.4, -0.2) is 28.9 Å². The molecule has 0 bridgehead atoms. The van der Waals surface area contributed by atoms with E-state index in [0.717, 1.165) is 6.42 Å². The summed E-state index contributed by atoms with van der Waals surface area (Å²) >= 11 is 0. The quantitative estimate of drug-likeness (QED) is 0.684. The molecule has 0 aliphatic carbocycles. The number of hydrogen-bond donors (Lipinski definition) is 1. The number of cyclic esters (lactones) is 1. The Morgan fingerprint density at radius 2 is 1.48 bits per heavy atom. The Morgan fingerprint density at radius 3 is 1.80 bits per heavy atom. The number of ether oxygens (including phenoxy) is 1. The molecule has 0 saturated carbocycles. The molecule has 25 heavy (non-hydrogen) atoms. The maximum atomic E-state index is 12.9. The molecule has 2 unspecified atom stereocenters. The highest BCUT2D eigenvalue weighted by molar-refractivity contribution is 5.92. The van der Waals surface area contributed by atoms with Crippen LogP contribution in [0.2, 0.25) is 0 Å². The van der Waals surface area contributed by atoms with Gasteiger partial charge in [-0.05, 0) is 39.5 Å². The maximum absolute atomic E-state index is 12.9. The fourth-order valence-electron chi connectivity index (χ4n) is 4.10. The van der Waals surface area contributed by atoms with Crippen molar-refractivity contribution in [2.24, 2.45) is 16.2 Å². The van der Waals surface area contributed by atoms with Gasteiger partial charge in [0.15, 0.2) is 0 Å². The van der Waals surface area contributed by atoms with Crippen LogP contribution in [0.5, 0.6) is 0 Å². The van der Waals surface area contributed by atoms with Gasteiger partial charge in [0.1, 0.15) is 5.78 Å². The molecule has 4 nitrogen and oxygen atoms in total. The second-order valence-electron chi connectivity index (χ2n) is 11.4. The van der Waals surface area contributed by atoms with Crippen molar-refractivity contribution in [3.63, 3.8) is 0 Å². The van der Waals surface area contributed by atoms with Gasteiger partial charge in [0.2, 0.25) is 5.60 Å². The lowest BCUT2D eigenvalue weighted by molar-refractivity contribution is -0.137. The predicted octanol–water partition coefficient (Wildman–Crippen LogP) is 4.51. The molecule has 0 amide bonds. The molecule has 1 saturated heterocycles. The number of ketones is 1. The Kier molecular flexibility index (Phi) is 5.64. The first-order valence-corrected chi connectivity index (χ1v) is 9.36. The van der Waals surface area contributed by atoms with Gasteiger partial charge in [-0.2, -0.15) is 0 Å². The van der Waals surface area contributed by atoms with Crippen LogP contribution in [0.4, 0.5) is 0 Å². The summed E-state index contributed by atoms with van der Waals surface area (Å²) in [6.07, 6.45) is 1.37. The van der Waals surface area contributed by atoms with E-state index < -0.39 is 11.0 Å². The van der Waals surface area contributed by atoms with Crippen LogP contribution < -0.4 is 5.32 Å². The van der Waals surface area contributed by atoms with Gasteiger partial charge in [-0.3, -0.25) is 4.79 Å². The predicted molar refractivity (Wildman–Crippen MR) is 102 cm³/mol. The third-order valence-corrected chi connectivity index (χ3v) is 5.05. The fourth-order valence-corrected chi connectivity index (χ4v) is 4.10. The number of Topliss-reactive ketones (excluding diaryl/α,β-unsaturated/α-hetero) is 1. The van der Waals surface area contributed by atoms with Crippen molar-refractivity contribution >= 4 is 11.8 Å². The Morgan fingerprint density at radius 1 is 1.04 bits per heavy atom. The fraction of sp³-hybridized carbons (Fsp3) is 0.905. The SMILES string of the molecule is CC(C)(C)NC(CC1(C)OC1=O)C(C)(C)CC(C)(C)C(=O)C(C)(C)C. The van der Waals surface area contributed by atoms with E-state index in [1.54, 1.807) is 0 Å². The molecular formula is C21H39NO3. The van der Waals surface area contributed by atoms with Crippen LogP contribution in [0.1, 0.15) is 89.0 Å². The summed E-state index contributed by atoms with van der Waals surface area (Å²) < 4.78 is 5.23. The summed E-state index contributed by atoms with van der Waals surface area (Å²) in [7, 11) is 0. The van der Waals surface area contributed by atoms with Gasteiger partial charge in [-0.25, -0.2) is 4.79 Å². The van der Waals surface area contributed by atoms with Crippen LogP contribution in [-0.2, 0) is 14.3 Å². The third kappa shape index (κ3) is 5.80. The smallest absolute Gasteiger partial charge is 0.351 e. The van der Waals surface area contributed by atoms with Crippen LogP contribution in [0.25, 0.3) is 0 Å². The van der Waals surface area contributed by atoms with Crippen molar-refractivity contribution in [3.8, 4) is 0 Å². The van der Waals surface area contributed by atoms with Gasteiger partial charge >= 0.3 is 5.97 Å². The van der Waals surface area contributed by atoms with E-state index in [1.807, 2.05) is 41.5 Å². The molecule has 1 aliphatic rings. The number of carbonyl (C=O) groups excluding carboxylic acids is 2. The molecule has 4 heteroatoms. The standard InChI is InChI=1S/C21H39NO3/c1-17(2,3)15(23)20(9,10)13-19(7,8)14(22-18(4,5)6)12-21(11)16(24)25-21/h14,22H,12-13H2,1-11H3. The van der Waals surface area contributed by atoms with E-state index in [9.17, 15) is 9.59 Å². The van der Waals surface area contributed by atoms with E-state index in [1.165, 1.54) is 0 Å². The van der Waals surface area contributed by atoms with Gasteiger partial charge in [-0.15, -0.1) is 0 Å². The molecule has 0 radical (unpaired) electrons. The van der Waals surface area contributed by atoms with Gasteiger partial charge < -0.3 is 10.1 Å². The van der Waals surface area contributed by atoms with Crippen molar-refractivity contribution < 1.29 is 14.3 Å². The van der Waals surface area contributed by atoms with Crippen LogP contribution in [0.15, 0.2) is 0 Å². The third-order valence-electron chi connectivity index (χ3n) is 5.05. The molecule has 1 fully saturated rings. The highest BCUT2D eigenvalue weighted by Gasteiger charge is 2.56. The zero-order chi connectivity index (χ0) is 20.1. The zero-order valence-corrected chi connectivity index (χ0v) is 18.2. The average molecular weight is 354 g/mol. The van der Waals surface area contributed by atoms with Crippen LogP contribution in [0, 0.1) is 16.2 Å². The van der Waals surface area contributed by atoms with Crippen molar-refractivity contribution in [2.45, 2.75) is 106 Å². The Balaban J connectivity index is 3.05. The highest BCUT2D eigenvalue weighted by atomic mass is 16.7.